The van der Waals surface area contributed by atoms with E-state index < -0.39 is 6.10 Å². The summed E-state index contributed by atoms with van der Waals surface area (Å²) in [5.74, 6) is 0. The summed E-state index contributed by atoms with van der Waals surface area (Å²) in [5.41, 5.74) is 1.24. The van der Waals surface area contributed by atoms with Gasteiger partial charge >= 0.3 is 0 Å². The fourth-order valence-electron chi connectivity index (χ4n) is 2.18. The first-order valence-corrected chi connectivity index (χ1v) is 7.00. The van der Waals surface area contributed by atoms with Crippen LogP contribution in [0.2, 0.25) is 0 Å². The smallest absolute Gasteiger partial charge is 0.0793 e. The zero-order valence-electron chi connectivity index (χ0n) is 12.7. The van der Waals surface area contributed by atoms with Crippen molar-refractivity contribution < 1.29 is 5.11 Å². The van der Waals surface area contributed by atoms with Crippen LogP contribution in [0.1, 0.15) is 18.9 Å². The molecule has 4 heteroatoms. The molecule has 2 atom stereocenters. The van der Waals surface area contributed by atoms with Gasteiger partial charge in [0.2, 0.25) is 0 Å². The number of hydrogen-bond donors (Lipinski definition) is 1. The van der Waals surface area contributed by atoms with Gasteiger partial charge in [0.1, 0.15) is 0 Å². The number of nitrogens with zero attached hydrogens (tertiary/aromatic N) is 3. The Bertz CT molecular complexity index is 415. The molecule has 110 valence electrons. The first kappa shape index (κ1) is 16.6. The third-order valence-corrected chi connectivity index (χ3v) is 3.46. The summed E-state index contributed by atoms with van der Waals surface area (Å²) in [6, 6.07) is 12.6. The molecule has 0 aliphatic carbocycles. The standard InChI is InChI=1S/C16H25N3O/c1-14(9-10-17)19(3)13-16(20)12-18(2)11-15-7-5-4-6-8-15/h4-8,14,16,20H,9,11-13H2,1-3H3. The highest BCUT2D eigenvalue weighted by Gasteiger charge is 2.15. The van der Waals surface area contributed by atoms with Gasteiger partial charge in [0.15, 0.2) is 0 Å². The Kier molecular flexibility index (Phi) is 7.24. The lowest BCUT2D eigenvalue weighted by molar-refractivity contribution is 0.0774. The van der Waals surface area contributed by atoms with Crippen LogP contribution in [0.15, 0.2) is 30.3 Å². The van der Waals surface area contributed by atoms with E-state index in [-0.39, 0.29) is 6.04 Å². The van der Waals surface area contributed by atoms with Crippen molar-refractivity contribution >= 4 is 0 Å². The lowest BCUT2D eigenvalue weighted by Gasteiger charge is -2.27. The van der Waals surface area contributed by atoms with E-state index in [9.17, 15) is 5.11 Å². The fourth-order valence-corrected chi connectivity index (χ4v) is 2.18. The minimum Gasteiger partial charge on any atom is -0.390 e. The van der Waals surface area contributed by atoms with Gasteiger partial charge in [0, 0.05) is 25.7 Å². The van der Waals surface area contributed by atoms with E-state index in [1.165, 1.54) is 5.56 Å². The quantitative estimate of drug-likeness (QED) is 0.785. The van der Waals surface area contributed by atoms with E-state index in [1.807, 2.05) is 44.1 Å². The van der Waals surface area contributed by atoms with Crippen LogP contribution in [-0.4, -0.2) is 54.2 Å². The monoisotopic (exact) mass is 275 g/mol. The van der Waals surface area contributed by atoms with Crippen molar-refractivity contribution in [3.63, 3.8) is 0 Å². The van der Waals surface area contributed by atoms with Crippen LogP contribution in [-0.2, 0) is 6.54 Å². The van der Waals surface area contributed by atoms with E-state index in [1.54, 1.807) is 0 Å². The molecule has 4 nitrogen and oxygen atoms in total. The molecule has 0 saturated heterocycles. The molecule has 0 heterocycles. The molecule has 0 bridgehead atoms. The summed E-state index contributed by atoms with van der Waals surface area (Å²) in [4.78, 5) is 4.15. The molecule has 2 unspecified atom stereocenters. The van der Waals surface area contributed by atoms with Gasteiger partial charge in [0.05, 0.1) is 18.6 Å². The fraction of sp³-hybridized carbons (Fsp3) is 0.562. The minimum atomic E-state index is -0.408. The Balaban J connectivity index is 2.34. The summed E-state index contributed by atoms with van der Waals surface area (Å²) in [5, 5.41) is 18.8. The van der Waals surface area contributed by atoms with Gasteiger partial charge in [-0.05, 0) is 26.6 Å². The molecule has 0 saturated carbocycles. The van der Waals surface area contributed by atoms with E-state index in [0.29, 0.717) is 19.5 Å². The van der Waals surface area contributed by atoms with Crippen molar-refractivity contribution in [1.29, 1.82) is 5.26 Å². The van der Waals surface area contributed by atoms with Crippen LogP contribution in [0.3, 0.4) is 0 Å². The molecule has 1 aromatic carbocycles. The second-order valence-corrected chi connectivity index (χ2v) is 5.49. The van der Waals surface area contributed by atoms with Gasteiger partial charge in [-0.1, -0.05) is 30.3 Å². The first-order chi connectivity index (χ1) is 9.52. The van der Waals surface area contributed by atoms with Crippen molar-refractivity contribution in [3.05, 3.63) is 35.9 Å². The molecule has 0 radical (unpaired) electrons. The first-order valence-electron chi connectivity index (χ1n) is 7.00. The largest absolute Gasteiger partial charge is 0.390 e. The van der Waals surface area contributed by atoms with Gasteiger partial charge in [-0.15, -0.1) is 0 Å². The maximum absolute atomic E-state index is 10.1. The number of nitriles is 1. The summed E-state index contributed by atoms with van der Waals surface area (Å²) in [7, 11) is 3.96. The SMILES string of the molecule is CC(CC#N)N(C)CC(O)CN(C)Cc1ccccc1. The van der Waals surface area contributed by atoms with Crippen LogP contribution >= 0.6 is 0 Å². The van der Waals surface area contributed by atoms with Crippen molar-refractivity contribution in [2.24, 2.45) is 0 Å². The molecule has 20 heavy (non-hydrogen) atoms. The highest BCUT2D eigenvalue weighted by atomic mass is 16.3. The minimum absolute atomic E-state index is 0.175. The van der Waals surface area contributed by atoms with Gasteiger partial charge in [-0.3, -0.25) is 4.90 Å². The molecule has 0 aliphatic heterocycles. The molecule has 1 aromatic rings. The zero-order valence-corrected chi connectivity index (χ0v) is 12.7. The predicted molar refractivity (Wildman–Crippen MR) is 81.1 cm³/mol. The lowest BCUT2D eigenvalue weighted by Crippen LogP contribution is -2.40. The third kappa shape index (κ3) is 6.16. The van der Waals surface area contributed by atoms with Gasteiger partial charge < -0.3 is 10.0 Å². The molecule has 0 aliphatic rings. The highest BCUT2D eigenvalue weighted by molar-refractivity contribution is 5.14. The summed E-state index contributed by atoms with van der Waals surface area (Å²) < 4.78 is 0. The Hall–Kier alpha value is -1.41. The Morgan fingerprint density at radius 2 is 1.85 bits per heavy atom. The predicted octanol–water partition coefficient (Wildman–Crippen LogP) is 1.71. The zero-order chi connectivity index (χ0) is 15.0. The maximum atomic E-state index is 10.1. The van der Waals surface area contributed by atoms with Crippen molar-refractivity contribution in [2.45, 2.75) is 32.0 Å². The average molecular weight is 275 g/mol. The summed E-state index contributed by atoms with van der Waals surface area (Å²) >= 11 is 0. The van der Waals surface area contributed by atoms with Crippen LogP contribution in [0.5, 0.6) is 0 Å². The maximum Gasteiger partial charge on any atom is 0.0793 e. The molecular weight excluding hydrogens is 250 g/mol. The Morgan fingerprint density at radius 1 is 1.20 bits per heavy atom. The molecule has 1 rings (SSSR count). The van der Waals surface area contributed by atoms with Crippen LogP contribution in [0.4, 0.5) is 0 Å². The molecule has 0 amide bonds. The topological polar surface area (TPSA) is 50.5 Å². The second-order valence-electron chi connectivity index (χ2n) is 5.49. The normalized spacial score (nSPS) is 14.2. The Labute approximate surface area is 122 Å². The van der Waals surface area contributed by atoms with Gasteiger partial charge in [-0.25, -0.2) is 0 Å². The van der Waals surface area contributed by atoms with Gasteiger partial charge in [0.25, 0.3) is 0 Å². The second kappa shape index (κ2) is 8.70. The summed E-state index contributed by atoms with van der Waals surface area (Å²) in [6.45, 7) is 4.04. The number of hydrogen-bond acceptors (Lipinski definition) is 4. The van der Waals surface area contributed by atoms with Gasteiger partial charge in [-0.2, -0.15) is 5.26 Å². The number of rotatable bonds is 8. The average Bonchev–Trinajstić information content (AvgIpc) is 2.39. The van der Waals surface area contributed by atoms with Crippen LogP contribution in [0.25, 0.3) is 0 Å². The van der Waals surface area contributed by atoms with E-state index in [4.69, 9.17) is 5.26 Å². The van der Waals surface area contributed by atoms with Crippen molar-refractivity contribution in [2.75, 3.05) is 27.2 Å². The lowest BCUT2D eigenvalue weighted by atomic mass is 10.2. The Morgan fingerprint density at radius 3 is 2.45 bits per heavy atom. The van der Waals surface area contributed by atoms with Crippen LogP contribution < -0.4 is 0 Å². The van der Waals surface area contributed by atoms with Crippen molar-refractivity contribution in [3.8, 4) is 6.07 Å². The molecule has 0 aromatic heterocycles. The van der Waals surface area contributed by atoms with Crippen molar-refractivity contribution in [1.82, 2.24) is 9.80 Å². The third-order valence-electron chi connectivity index (χ3n) is 3.46. The highest BCUT2D eigenvalue weighted by Crippen LogP contribution is 2.05. The van der Waals surface area contributed by atoms with E-state index >= 15 is 0 Å². The van der Waals surface area contributed by atoms with Crippen LogP contribution in [0, 0.1) is 11.3 Å². The van der Waals surface area contributed by atoms with E-state index in [0.717, 1.165) is 6.54 Å². The number of aliphatic hydroxyl groups is 1. The van der Waals surface area contributed by atoms with E-state index in [2.05, 4.69) is 23.1 Å². The molecule has 1 N–H and O–H groups in total. The number of likely N-dealkylation sites (N-methyl/N-ethyl adjacent to an activating group) is 2. The summed E-state index contributed by atoms with van der Waals surface area (Å²) in [6.07, 6.45) is 0.0816. The number of aliphatic hydroxyl groups excluding tert-OH is 1. The molecule has 0 fully saturated rings. The molecular formula is C16H25N3O. The number of benzene rings is 1. The molecule has 0 spiro atoms.